The van der Waals surface area contributed by atoms with E-state index in [1.165, 1.54) is 23.9 Å². The van der Waals surface area contributed by atoms with Gasteiger partial charge in [0.05, 0.1) is 5.75 Å². The van der Waals surface area contributed by atoms with Gasteiger partial charge in [0.1, 0.15) is 11.6 Å². The lowest BCUT2D eigenvalue weighted by Gasteiger charge is -2.06. The Bertz CT molecular complexity index is 652. The molecule has 122 valence electrons. The van der Waals surface area contributed by atoms with Crippen molar-refractivity contribution in [2.24, 2.45) is 0 Å². The fourth-order valence-electron chi connectivity index (χ4n) is 1.82. The lowest BCUT2D eigenvalue weighted by atomic mass is 10.2. The van der Waals surface area contributed by atoms with Crippen molar-refractivity contribution < 1.29 is 13.6 Å². The van der Waals surface area contributed by atoms with Crippen LogP contribution >= 0.6 is 23.5 Å². The van der Waals surface area contributed by atoms with E-state index in [-0.39, 0.29) is 23.3 Å². The largest absolute Gasteiger partial charge is 0.355 e. The van der Waals surface area contributed by atoms with Crippen molar-refractivity contribution >= 4 is 29.4 Å². The molecule has 0 bridgehead atoms. The van der Waals surface area contributed by atoms with Crippen molar-refractivity contribution in [1.29, 1.82) is 0 Å². The first-order valence-electron chi connectivity index (χ1n) is 7.12. The normalized spacial score (nSPS) is 10.5. The van der Waals surface area contributed by atoms with E-state index in [0.717, 1.165) is 0 Å². The van der Waals surface area contributed by atoms with Gasteiger partial charge in [-0.15, -0.1) is 11.8 Å². The highest BCUT2D eigenvalue weighted by Crippen LogP contribution is 2.20. The second-order valence-electron chi connectivity index (χ2n) is 4.71. The number of halogens is 2. The Morgan fingerprint density at radius 3 is 2.43 bits per heavy atom. The number of rotatable bonds is 8. The van der Waals surface area contributed by atoms with Crippen molar-refractivity contribution in [3.8, 4) is 0 Å². The molecule has 2 aromatic rings. The molecule has 0 heterocycles. The summed E-state index contributed by atoms with van der Waals surface area (Å²) in [4.78, 5) is 12.2. The Labute approximate surface area is 143 Å². The molecule has 23 heavy (non-hydrogen) atoms. The average molecular weight is 353 g/mol. The van der Waals surface area contributed by atoms with Crippen molar-refractivity contribution in [2.45, 2.75) is 10.6 Å². The Kier molecular flexibility index (Phi) is 7.42. The molecular formula is C17H17F2NOS2. The SMILES string of the molecule is O=C(CSc1ccccc1F)NCCSCc1ccccc1F. The first-order valence-corrected chi connectivity index (χ1v) is 9.26. The topological polar surface area (TPSA) is 29.1 Å². The number of hydrogen-bond donors (Lipinski definition) is 1. The molecule has 6 heteroatoms. The minimum Gasteiger partial charge on any atom is -0.355 e. The molecule has 0 unspecified atom stereocenters. The van der Waals surface area contributed by atoms with Crippen LogP contribution < -0.4 is 5.32 Å². The van der Waals surface area contributed by atoms with Crippen LogP contribution in [-0.2, 0) is 10.5 Å². The smallest absolute Gasteiger partial charge is 0.230 e. The minimum absolute atomic E-state index is 0.134. The summed E-state index contributed by atoms with van der Waals surface area (Å²) in [5.41, 5.74) is 0.666. The number of carbonyl (C=O) groups is 1. The van der Waals surface area contributed by atoms with Gasteiger partial charge in [-0.25, -0.2) is 8.78 Å². The van der Waals surface area contributed by atoms with E-state index in [1.807, 2.05) is 0 Å². The third-order valence-electron chi connectivity index (χ3n) is 2.98. The first-order chi connectivity index (χ1) is 11.2. The maximum Gasteiger partial charge on any atom is 0.230 e. The summed E-state index contributed by atoms with van der Waals surface area (Å²) in [6, 6.07) is 13.0. The van der Waals surface area contributed by atoms with Crippen LogP contribution in [0.5, 0.6) is 0 Å². The van der Waals surface area contributed by atoms with Gasteiger partial charge in [-0.2, -0.15) is 11.8 Å². The highest BCUT2D eigenvalue weighted by Gasteiger charge is 2.06. The molecule has 0 aliphatic heterocycles. The van der Waals surface area contributed by atoms with Gasteiger partial charge < -0.3 is 5.32 Å². The minimum atomic E-state index is -0.314. The van der Waals surface area contributed by atoms with Gasteiger partial charge in [0, 0.05) is 22.9 Å². The summed E-state index contributed by atoms with van der Waals surface area (Å²) in [5.74, 6) is 0.802. The number of amides is 1. The zero-order chi connectivity index (χ0) is 16.5. The molecule has 0 atom stereocenters. The third-order valence-corrected chi connectivity index (χ3v) is 5.04. The summed E-state index contributed by atoms with van der Waals surface area (Å²) in [6.45, 7) is 0.510. The van der Waals surface area contributed by atoms with Crippen LogP contribution in [0.15, 0.2) is 53.4 Å². The first kappa shape index (κ1) is 17.8. The van der Waals surface area contributed by atoms with Crippen molar-refractivity contribution in [3.05, 3.63) is 65.7 Å². The molecule has 0 saturated heterocycles. The molecule has 0 aliphatic rings. The van der Waals surface area contributed by atoms with Crippen LogP contribution in [0.1, 0.15) is 5.56 Å². The second-order valence-corrected chi connectivity index (χ2v) is 6.84. The van der Waals surface area contributed by atoms with E-state index >= 15 is 0 Å². The number of carbonyl (C=O) groups excluding carboxylic acids is 1. The van der Waals surface area contributed by atoms with Gasteiger partial charge in [-0.3, -0.25) is 4.79 Å². The van der Waals surface area contributed by atoms with Gasteiger partial charge in [-0.1, -0.05) is 30.3 Å². The van der Waals surface area contributed by atoms with E-state index in [9.17, 15) is 13.6 Å². The molecule has 2 nitrogen and oxygen atoms in total. The maximum absolute atomic E-state index is 13.4. The van der Waals surface area contributed by atoms with Crippen molar-refractivity contribution in [2.75, 3.05) is 18.1 Å². The number of nitrogens with one attached hydrogen (secondary N) is 1. The van der Waals surface area contributed by atoms with Crippen LogP contribution in [0.2, 0.25) is 0 Å². The monoisotopic (exact) mass is 353 g/mol. The molecule has 0 fully saturated rings. The van der Waals surface area contributed by atoms with Crippen LogP contribution in [0.25, 0.3) is 0 Å². The molecule has 0 spiro atoms. The lowest BCUT2D eigenvalue weighted by molar-refractivity contribution is -0.118. The molecule has 0 aliphatic carbocycles. The summed E-state index contributed by atoms with van der Waals surface area (Å²) < 4.78 is 26.8. The van der Waals surface area contributed by atoms with Crippen LogP contribution in [-0.4, -0.2) is 24.0 Å². The highest BCUT2D eigenvalue weighted by atomic mass is 32.2. The molecule has 1 N–H and O–H groups in total. The summed E-state index contributed by atoms with van der Waals surface area (Å²) in [7, 11) is 0. The van der Waals surface area contributed by atoms with E-state index in [1.54, 1.807) is 48.2 Å². The Balaban J connectivity index is 1.60. The number of thioether (sulfide) groups is 2. The van der Waals surface area contributed by atoms with Crippen LogP contribution in [0.3, 0.4) is 0 Å². The quantitative estimate of drug-likeness (QED) is 0.572. The van der Waals surface area contributed by atoms with E-state index in [4.69, 9.17) is 0 Å². The standard InChI is InChI=1S/C17H17F2NOS2/c18-14-6-2-1-5-13(14)11-22-10-9-20-17(21)12-23-16-8-4-3-7-15(16)19/h1-8H,9-12H2,(H,20,21). The van der Waals surface area contributed by atoms with E-state index in [2.05, 4.69) is 5.32 Å². The predicted octanol–water partition coefficient (Wildman–Crippen LogP) is 4.11. The Morgan fingerprint density at radius 1 is 1.00 bits per heavy atom. The molecule has 0 radical (unpaired) electrons. The number of benzene rings is 2. The zero-order valence-electron chi connectivity index (χ0n) is 12.4. The molecule has 2 rings (SSSR count). The van der Waals surface area contributed by atoms with Gasteiger partial charge in [0.2, 0.25) is 5.91 Å². The number of hydrogen-bond acceptors (Lipinski definition) is 3. The van der Waals surface area contributed by atoms with E-state index in [0.29, 0.717) is 28.5 Å². The maximum atomic E-state index is 13.4. The summed E-state index contributed by atoms with van der Waals surface area (Å²) in [5, 5.41) is 2.78. The summed E-state index contributed by atoms with van der Waals surface area (Å²) in [6.07, 6.45) is 0. The van der Waals surface area contributed by atoms with Crippen LogP contribution in [0.4, 0.5) is 8.78 Å². The average Bonchev–Trinajstić information content (AvgIpc) is 2.55. The zero-order valence-corrected chi connectivity index (χ0v) is 14.1. The predicted molar refractivity (Wildman–Crippen MR) is 92.7 cm³/mol. The van der Waals surface area contributed by atoms with Gasteiger partial charge in [0.15, 0.2) is 0 Å². The van der Waals surface area contributed by atoms with Crippen molar-refractivity contribution in [3.63, 3.8) is 0 Å². The second kappa shape index (κ2) is 9.57. The molecule has 1 amide bonds. The highest BCUT2D eigenvalue weighted by molar-refractivity contribution is 8.00. The molecule has 0 aromatic heterocycles. The fraction of sp³-hybridized carbons (Fsp3) is 0.235. The van der Waals surface area contributed by atoms with Crippen LogP contribution in [0, 0.1) is 11.6 Å². The molecular weight excluding hydrogens is 336 g/mol. The lowest BCUT2D eigenvalue weighted by Crippen LogP contribution is -2.27. The van der Waals surface area contributed by atoms with Gasteiger partial charge in [-0.05, 0) is 23.8 Å². The Hall–Kier alpha value is -1.53. The van der Waals surface area contributed by atoms with Gasteiger partial charge >= 0.3 is 0 Å². The molecule has 0 saturated carbocycles. The van der Waals surface area contributed by atoms with Gasteiger partial charge in [0.25, 0.3) is 0 Å². The van der Waals surface area contributed by atoms with Crippen molar-refractivity contribution in [1.82, 2.24) is 5.32 Å². The third kappa shape index (κ3) is 6.23. The van der Waals surface area contributed by atoms with E-state index < -0.39 is 0 Å². The Morgan fingerprint density at radius 2 is 1.70 bits per heavy atom. The fourth-order valence-corrected chi connectivity index (χ4v) is 3.43. The molecule has 2 aromatic carbocycles. The summed E-state index contributed by atoms with van der Waals surface area (Å²) >= 11 is 2.73.